The van der Waals surface area contributed by atoms with Gasteiger partial charge in [-0.15, -0.1) is 0 Å². The monoisotopic (exact) mass is 329 g/mol. The molecule has 3 heterocycles. The minimum absolute atomic E-state index is 0.194. The highest BCUT2D eigenvalue weighted by atomic mass is 16.7. The molecule has 0 bridgehead atoms. The van der Waals surface area contributed by atoms with Gasteiger partial charge in [0.15, 0.2) is 11.5 Å². The maximum atomic E-state index is 12.4. The molecule has 0 atom stereocenters. The van der Waals surface area contributed by atoms with Crippen molar-refractivity contribution in [2.24, 2.45) is 5.92 Å². The number of benzene rings is 1. The molecule has 2 aromatic rings. The topological polar surface area (TPSA) is 74.6 Å². The van der Waals surface area contributed by atoms with E-state index < -0.39 is 0 Å². The molecule has 7 heteroatoms. The van der Waals surface area contributed by atoms with Crippen LogP contribution in [0.1, 0.15) is 23.2 Å². The molecule has 0 radical (unpaired) electrons. The lowest BCUT2D eigenvalue weighted by atomic mass is 10.0. The van der Waals surface area contributed by atoms with Crippen LogP contribution in [0.15, 0.2) is 30.6 Å². The number of hydrogen-bond donors (Lipinski definition) is 1. The molecule has 0 unspecified atom stereocenters. The van der Waals surface area contributed by atoms with Crippen LogP contribution in [0, 0.1) is 5.92 Å². The summed E-state index contributed by atoms with van der Waals surface area (Å²) in [5.74, 6) is 1.64. The van der Waals surface area contributed by atoms with Gasteiger partial charge in [0.05, 0.1) is 11.9 Å². The van der Waals surface area contributed by atoms with Crippen LogP contribution >= 0.6 is 0 Å². The molecule has 2 aliphatic heterocycles. The number of nitrogens with one attached hydrogen (secondary N) is 1. The molecular formula is C17H19N3O4. The highest BCUT2D eigenvalue weighted by molar-refractivity contribution is 6.04. The molecule has 126 valence electrons. The first-order valence-electron chi connectivity index (χ1n) is 8.09. The predicted octanol–water partition coefficient (Wildman–Crippen LogP) is 2.29. The van der Waals surface area contributed by atoms with Crippen molar-refractivity contribution in [3.63, 3.8) is 0 Å². The second-order valence-corrected chi connectivity index (χ2v) is 6.03. The highest BCUT2D eigenvalue weighted by Gasteiger charge is 2.17. The van der Waals surface area contributed by atoms with E-state index in [-0.39, 0.29) is 12.7 Å². The Morgan fingerprint density at radius 2 is 2.08 bits per heavy atom. The van der Waals surface area contributed by atoms with E-state index in [0.29, 0.717) is 28.7 Å². The first-order chi connectivity index (χ1) is 11.8. The van der Waals surface area contributed by atoms with Crippen LogP contribution in [-0.4, -0.2) is 35.7 Å². The molecule has 1 aromatic carbocycles. The van der Waals surface area contributed by atoms with E-state index in [2.05, 4.69) is 10.4 Å². The highest BCUT2D eigenvalue weighted by Crippen LogP contribution is 2.32. The van der Waals surface area contributed by atoms with Gasteiger partial charge in [0, 0.05) is 31.5 Å². The number of hydrogen-bond acceptors (Lipinski definition) is 5. The Kier molecular flexibility index (Phi) is 4.08. The summed E-state index contributed by atoms with van der Waals surface area (Å²) in [4.78, 5) is 12.4. The molecule has 1 amide bonds. The number of ether oxygens (including phenoxy) is 3. The van der Waals surface area contributed by atoms with Gasteiger partial charge in [-0.1, -0.05) is 0 Å². The van der Waals surface area contributed by atoms with Gasteiger partial charge in [0.2, 0.25) is 6.79 Å². The molecule has 1 aromatic heterocycles. The zero-order chi connectivity index (χ0) is 16.4. The number of rotatable bonds is 4. The SMILES string of the molecule is O=C(Nc1cnn(CC2CCOCC2)c1)c1ccc2c(c1)OCO2. The zero-order valence-corrected chi connectivity index (χ0v) is 13.2. The number of fused-ring (bicyclic) bond motifs is 1. The van der Waals surface area contributed by atoms with Gasteiger partial charge >= 0.3 is 0 Å². The van der Waals surface area contributed by atoms with Crippen LogP contribution < -0.4 is 14.8 Å². The number of aromatic nitrogens is 2. The maximum Gasteiger partial charge on any atom is 0.255 e. The lowest BCUT2D eigenvalue weighted by molar-refractivity contribution is 0.0601. The summed E-state index contributed by atoms with van der Waals surface area (Å²) in [7, 11) is 0. The molecule has 2 aliphatic rings. The molecule has 1 saturated heterocycles. The van der Waals surface area contributed by atoms with Gasteiger partial charge in [-0.2, -0.15) is 5.10 Å². The molecular weight excluding hydrogens is 310 g/mol. The van der Waals surface area contributed by atoms with Crippen LogP contribution in [0.3, 0.4) is 0 Å². The fourth-order valence-corrected chi connectivity index (χ4v) is 2.96. The Morgan fingerprint density at radius 3 is 2.96 bits per heavy atom. The normalized spacial score (nSPS) is 17.0. The lowest BCUT2D eigenvalue weighted by Crippen LogP contribution is -2.20. The van der Waals surface area contributed by atoms with Gasteiger partial charge in [-0.25, -0.2) is 0 Å². The average molecular weight is 329 g/mol. The van der Waals surface area contributed by atoms with Crippen molar-refractivity contribution in [1.82, 2.24) is 9.78 Å². The molecule has 1 N–H and O–H groups in total. The van der Waals surface area contributed by atoms with Crippen molar-refractivity contribution in [3.8, 4) is 11.5 Å². The summed E-state index contributed by atoms with van der Waals surface area (Å²) in [6.45, 7) is 2.68. The fraction of sp³-hybridized carbons (Fsp3) is 0.412. The van der Waals surface area contributed by atoms with Crippen molar-refractivity contribution in [3.05, 3.63) is 36.2 Å². The van der Waals surface area contributed by atoms with E-state index in [0.717, 1.165) is 32.6 Å². The molecule has 7 nitrogen and oxygen atoms in total. The summed E-state index contributed by atoms with van der Waals surface area (Å²) in [6.07, 6.45) is 5.64. The van der Waals surface area contributed by atoms with E-state index >= 15 is 0 Å². The summed E-state index contributed by atoms with van der Waals surface area (Å²) in [5, 5.41) is 7.19. The molecule has 1 fully saturated rings. The minimum Gasteiger partial charge on any atom is -0.454 e. The molecule has 0 spiro atoms. The van der Waals surface area contributed by atoms with E-state index in [1.165, 1.54) is 0 Å². The smallest absolute Gasteiger partial charge is 0.255 e. The molecule has 0 aliphatic carbocycles. The molecule has 4 rings (SSSR count). The second-order valence-electron chi connectivity index (χ2n) is 6.03. The Hall–Kier alpha value is -2.54. The van der Waals surface area contributed by atoms with Gasteiger partial charge in [-0.05, 0) is 37.0 Å². The van der Waals surface area contributed by atoms with E-state index in [1.54, 1.807) is 24.4 Å². The standard InChI is InChI=1S/C17H19N3O4/c21-17(13-1-2-15-16(7-13)24-11-23-15)19-14-8-18-20(10-14)9-12-3-5-22-6-4-12/h1-2,7-8,10,12H,3-6,9,11H2,(H,19,21). The number of carbonyl (C=O) groups excluding carboxylic acids is 1. The van der Waals surface area contributed by atoms with E-state index in [1.807, 2.05) is 10.9 Å². The third-order valence-electron chi connectivity index (χ3n) is 4.31. The Morgan fingerprint density at radius 1 is 1.25 bits per heavy atom. The van der Waals surface area contributed by atoms with Crippen molar-refractivity contribution in [2.45, 2.75) is 19.4 Å². The maximum absolute atomic E-state index is 12.4. The third kappa shape index (κ3) is 3.21. The van der Waals surface area contributed by atoms with E-state index in [4.69, 9.17) is 14.2 Å². The molecule has 24 heavy (non-hydrogen) atoms. The van der Waals surface area contributed by atoms with Crippen LogP contribution in [-0.2, 0) is 11.3 Å². The zero-order valence-electron chi connectivity index (χ0n) is 13.2. The molecule has 0 saturated carbocycles. The number of carbonyl (C=O) groups is 1. The van der Waals surface area contributed by atoms with Crippen molar-refractivity contribution >= 4 is 11.6 Å². The average Bonchev–Trinajstić information content (AvgIpc) is 3.24. The summed E-state index contributed by atoms with van der Waals surface area (Å²) >= 11 is 0. The number of nitrogens with zero attached hydrogens (tertiary/aromatic N) is 2. The van der Waals surface area contributed by atoms with Crippen LogP contribution in [0.5, 0.6) is 11.5 Å². The van der Waals surface area contributed by atoms with Crippen LogP contribution in [0.4, 0.5) is 5.69 Å². The largest absolute Gasteiger partial charge is 0.454 e. The Labute approximate surface area is 139 Å². The van der Waals surface area contributed by atoms with Gasteiger partial charge < -0.3 is 19.5 Å². The van der Waals surface area contributed by atoms with Crippen molar-refractivity contribution in [2.75, 3.05) is 25.3 Å². The van der Waals surface area contributed by atoms with Gasteiger partial charge in [-0.3, -0.25) is 9.48 Å². The van der Waals surface area contributed by atoms with Gasteiger partial charge in [0.1, 0.15) is 0 Å². The fourth-order valence-electron chi connectivity index (χ4n) is 2.96. The number of amides is 1. The number of anilines is 1. The van der Waals surface area contributed by atoms with Crippen molar-refractivity contribution in [1.29, 1.82) is 0 Å². The first kappa shape index (κ1) is 15.0. The minimum atomic E-state index is -0.195. The Bertz CT molecular complexity index is 737. The van der Waals surface area contributed by atoms with Crippen LogP contribution in [0.2, 0.25) is 0 Å². The predicted molar refractivity (Wildman–Crippen MR) is 86.3 cm³/mol. The lowest BCUT2D eigenvalue weighted by Gasteiger charge is -2.21. The second kappa shape index (κ2) is 6.52. The summed E-state index contributed by atoms with van der Waals surface area (Å²) in [6, 6.07) is 5.14. The van der Waals surface area contributed by atoms with Crippen LogP contribution in [0.25, 0.3) is 0 Å². The van der Waals surface area contributed by atoms with Gasteiger partial charge in [0.25, 0.3) is 5.91 Å². The third-order valence-corrected chi connectivity index (χ3v) is 4.31. The van der Waals surface area contributed by atoms with Crippen molar-refractivity contribution < 1.29 is 19.0 Å². The Balaban J connectivity index is 1.39. The summed E-state index contributed by atoms with van der Waals surface area (Å²) in [5.41, 5.74) is 1.21. The first-order valence-corrected chi connectivity index (χ1v) is 8.09. The van der Waals surface area contributed by atoms with E-state index in [9.17, 15) is 4.79 Å². The quantitative estimate of drug-likeness (QED) is 0.931. The summed E-state index contributed by atoms with van der Waals surface area (Å²) < 4.78 is 17.8.